The normalized spacial score (nSPS) is 11.3. The Morgan fingerprint density at radius 1 is 1.15 bits per heavy atom. The van der Waals surface area contributed by atoms with Gasteiger partial charge in [-0.15, -0.1) is 12.4 Å². The lowest BCUT2D eigenvalue weighted by molar-refractivity contribution is 0.0526. The fraction of sp³-hybridized carbons (Fsp3) is 0.280. The van der Waals surface area contributed by atoms with E-state index >= 15 is 0 Å². The minimum atomic E-state index is -0.420. The number of hydrogen-bond acceptors (Lipinski definition) is 4. The standard InChI is InChI=1S/C25H28FN3O3.ClH/c1-5-32-25(31)19-9-10-22-21(14-19)23(16(2)29(22)15-20(26)11-12-27)17-7-6-8-18(13-17)24(30)28(3)4;/h6-11,13-14H,5,12,15,27H2,1-4H3;1H/b20-11-;. The van der Waals surface area contributed by atoms with Crippen molar-refractivity contribution < 1.29 is 18.7 Å². The first-order chi connectivity index (χ1) is 15.3. The number of benzene rings is 2. The lowest BCUT2D eigenvalue weighted by Gasteiger charge is -2.12. The fourth-order valence-electron chi connectivity index (χ4n) is 3.80. The van der Waals surface area contributed by atoms with Gasteiger partial charge < -0.3 is 19.9 Å². The summed E-state index contributed by atoms with van der Waals surface area (Å²) >= 11 is 0. The van der Waals surface area contributed by atoms with E-state index in [-0.39, 0.29) is 43.8 Å². The summed E-state index contributed by atoms with van der Waals surface area (Å²) in [5.74, 6) is -0.876. The van der Waals surface area contributed by atoms with Gasteiger partial charge >= 0.3 is 5.97 Å². The number of amides is 1. The lowest BCUT2D eigenvalue weighted by Crippen LogP contribution is -2.21. The summed E-state index contributed by atoms with van der Waals surface area (Å²) in [5, 5.41) is 0.781. The third-order valence-corrected chi connectivity index (χ3v) is 5.29. The van der Waals surface area contributed by atoms with Crippen LogP contribution in [0.15, 0.2) is 54.4 Å². The number of nitrogens with zero attached hydrogens (tertiary/aromatic N) is 2. The van der Waals surface area contributed by atoms with Crippen LogP contribution in [0, 0.1) is 6.92 Å². The highest BCUT2D eigenvalue weighted by atomic mass is 35.5. The zero-order valence-corrected chi connectivity index (χ0v) is 20.0. The monoisotopic (exact) mass is 473 g/mol. The highest BCUT2D eigenvalue weighted by Gasteiger charge is 2.20. The number of ether oxygens (including phenoxy) is 1. The van der Waals surface area contributed by atoms with Crippen LogP contribution in [0.3, 0.4) is 0 Å². The van der Waals surface area contributed by atoms with E-state index in [9.17, 15) is 14.0 Å². The maximum absolute atomic E-state index is 14.4. The molecule has 0 bridgehead atoms. The van der Waals surface area contributed by atoms with E-state index in [0.29, 0.717) is 11.1 Å². The third-order valence-electron chi connectivity index (χ3n) is 5.29. The number of rotatable bonds is 7. The Morgan fingerprint density at radius 2 is 1.88 bits per heavy atom. The number of esters is 1. The zero-order chi connectivity index (χ0) is 23.4. The van der Waals surface area contributed by atoms with Crippen molar-refractivity contribution in [3.63, 3.8) is 0 Å². The van der Waals surface area contributed by atoms with E-state index < -0.39 is 5.97 Å². The highest BCUT2D eigenvalue weighted by Crippen LogP contribution is 2.36. The third kappa shape index (κ3) is 5.43. The molecule has 0 aliphatic carbocycles. The number of hydrogen-bond donors (Lipinski definition) is 1. The molecule has 6 nitrogen and oxygen atoms in total. The quantitative estimate of drug-likeness (QED) is 0.503. The van der Waals surface area contributed by atoms with Gasteiger partial charge in [-0.1, -0.05) is 12.1 Å². The predicted molar refractivity (Wildman–Crippen MR) is 132 cm³/mol. The van der Waals surface area contributed by atoms with Gasteiger partial charge in [-0.25, -0.2) is 9.18 Å². The number of carbonyl (C=O) groups is 2. The van der Waals surface area contributed by atoms with Crippen LogP contribution >= 0.6 is 12.4 Å². The second-order valence-corrected chi connectivity index (χ2v) is 7.67. The molecule has 0 aliphatic heterocycles. The van der Waals surface area contributed by atoms with E-state index in [1.54, 1.807) is 45.3 Å². The van der Waals surface area contributed by atoms with Crippen LogP contribution in [0.1, 0.15) is 33.3 Å². The predicted octanol–water partition coefficient (Wildman–Crippen LogP) is 4.73. The van der Waals surface area contributed by atoms with Gasteiger partial charge in [0.2, 0.25) is 0 Å². The molecule has 0 spiro atoms. The van der Waals surface area contributed by atoms with Gasteiger partial charge in [0.1, 0.15) is 5.83 Å². The molecule has 8 heteroatoms. The Morgan fingerprint density at radius 3 is 2.52 bits per heavy atom. The molecule has 0 unspecified atom stereocenters. The Kier molecular flexibility index (Phi) is 8.79. The van der Waals surface area contributed by atoms with Crippen molar-refractivity contribution in [3.8, 4) is 11.1 Å². The molecule has 2 aromatic carbocycles. The Balaban J connectivity index is 0.00000385. The van der Waals surface area contributed by atoms with Crippen molar-refractivity contribution in [2.45, 2.75) is 20.4 Å². The van der Waals surface area contributed by atoms with E-state index in [0.717, 1.165) is 27.7 Å². The molecule has 0 saturated heterocycles. The topological polar surface area (TPSA) is 77.6 Å². The Bertz CT molecular complexity index is 1200. The molecule has 1 heterocycles. The second kappa shape index (κ2) is 11.1. The van der Waals surface area contributed by atoms with Crippen LogP contribution < -0.4 is 5.73 Å². The summed E-state index contributed by atoms with van der Waals surface area (Å²) < 4.78 is 21.4. The molecule has 0 fully saturated rings. The molecule has 0 atom stereocenters. The molecule has 0 radical (unpaired) electrons. The summed E-state index contributed by atoms with van der Waals surface area (Å²) in [6, 6.07) is 12.5. The number of allylic oxidation sites excluding steroid dienone is 1. The van der Waals surface area contributed by atoms with Gasteiger partial charge in [-0.2, -0.15) is 0 Å². The molecule has 1 amide bonds. The molecule has 3 rings (SSSR count). The fourth-order valence-corrected chi connectivity index (χ4v) is 3.80. The summed E-state index contributed by atoms with van der Waals surface area (Å²) in [4.78, 5) is 26.4. The minimum absolute atomic E-state index is 0. The largest absolute Gasteiger partial charge is 0.462 e. The van der Waals surface area contributed by atoms with Gasteiger partial charge in [-0.3, -0.25) is 4.79 Å². The van der Waals surface area contributed by atoms with Crippen molar-refractivity contribution in [1.82, 2.24) is 9.47 Å². The van der Waals surface area contributed by atoms with Crippen molar-refractivity contribution >= 4 is 35.2 Å². The number of halogens is 2. The molecule has 176 valence electrons. The summed E-state index contributed by atoms with van der Waals surface area (Å²) in [6.45, 7) is 4.05. The Labute approximate surface area is 199 Å². The molecule has 33 heavy (non-hydrogen) atoms. The lowest BCUT2D eigenvalue weighted by atomic mass is 9.99. The van der Waals surface area contributed by atoms with Crippen LogP contribution in [-0.2, 0) is 11.3 Å². The van der Waals surface area contributed by atoms with Crippen LogP contribution in [0.5, 0.6) is 0 Å². The van der Waals surface area contributed by atoms with Gasteiger partial charge in [-0.05, 0) is 55.8 Å². The first-order valence-electron chi connectivity index (χ1n) is 10.4. The van der Waals surface area contributed by atoms with E-state index in [2.05, 4.69) is 0 Å². The smallest absolute Gasteiger partial charge is 0.338 e. The maximum Gasteiger partial charge on any atom is 0.338 e. The first-order valence-corrected chi connectivity index (χ1v) is 10.4. The number of aromatic nitrogens is 1. The van der Waals surface area contributed by atoms with E-state index in [1.165, 1.54) is 11.0 Å². The van der Waals surface area contributed by atoms with Crippen LogP contribution in [0.4, 0.5) is 4.39 Å². The van der Waals surface area contributed by atoms with E-state index in [1.807, 2.05) is 29.7 Å². The highest BCUT2D eigenvalue weighted by molar-refractivity contribution is 6.04. The first kappa shape index (κ1) is 26.1. The van der Waals surface area contributed by atoms with Crippen molar-refractivity contribution in [2.75, 3.05) is 27.2 Å². The average Bonchev–Trinajstić information content (AvgIpc) is 3.04. The van der Waals surface area contributed by atoms with Crippen molar-refractivity contribution in [3.05, 3.63) is 71.2 Å². The average molecular weight is 474 g/mol. The molecule has 1 aromatic heterocycles. The summed E-state index contributed by atoms with van der Waals surface area (Å²) in [5.41, 5.74) is 9.66. The summed E-state index contributed by atoms with van der Waals surface area (Å²) in [6.07, 6.45) is 1.34. The molecular weight excluding hydrogens is 445 g/mol. The van der Waals surface area contributed by atoms with Crippen molar-refractivity contribution in [2.24, 2.45) is 5.73 Å². The number of nitrogens with two attached hydrogens (primary N) is 1. The number of fused-ring (bicyclic) bond motifs is 1. The van der Waals surface area contributed by atoms with Crippen molar-refractivity contribution in [1.29, 1.82) is 0 Å². The molecule has 3 aromatic rings. The van der Waals surface area contributed by atoms with Crippen LogP contribution in [-0.4, -0.2) is 48.6 Å². The Hall–Kier alpha value is -3.16. The summed E-state index contributed by atoms with van der Waals surface area (Å²) in [7, 11) is 3.40. The molecule has 2 N–H and O–H groups in total. The van der Waals surface area contributed by atoms with Crippen LogP contribution in [0.2, 0.25) is 0 Å². The van der Waals surface area contributed by atoms with Crippen LogP contribution in [0.25, 0.3) is 22.0 Å². The van der Waals surface area contributed by atoms with Gasteiger partial charge in [0.05, 0.1) is 18.7 Å². The molecular formula is C25H29ClFN3O3. The van der Waals surface area contributed by atoms with E-state index in [4.69, 9.17) is 10.5 Å². The SMILES string of the molecule is CCOC(=O)c1ccc2c(c1)c(-c1cccc(C(=O)N(C)C)c1)c(C)n2C/C(F)=C/CN.Cl. The second-order valence-electron chi connectivity index (χ2n) is 7.67. The van der Waals surface area contributed by atoms with Gasteiger partial charge in [0.15, 0.2) is 0 Å². The zero-order valence-electron chi connectivity index (χ0n) is 19.2. The van der Waals surface area contributed by atoms with Gasteiger partial charge in [0.25, 0.3) is 5.91 Å². The van der Waals surface area contributed by atoms with Gasteiger partial charge in [0, 0.05) is 48.4 Å². The molecule has 0 aliphatic rings. The molecule has 0 saturated carbocycles. The minimum Gasteiger partial charge on any atom is -0.462 e. The number of carbonyl (C=O) groups excluding carboxylic acids is 2. The maximum atomic E-state index is 14.4.